The van der Waals surface area contributed by atoms with Crippen LogP contribution in [0.5, 0.6) is 0 Å². The number of nitrogens with zero attached hydrogens (tertiary/aromatic N) is 2. The summed E-state index contributed by atoms with van der Waals surface area (Å²) in [6, 6.07) is -0.754. The zero-order valence-electron chi connectivity index (χ0n) is 22.6. The molecular weight excluding hydrogens is 472 g/mol. The molecule has 3 fully saturated rings. The summed E-state index contributed by atoms with van der Waals surface area (Å²) >= 11 is 0. The summed E-state index contributed by atoms with van der Waals surface area (Å²) in [5.41, 5.74) is -0.994. The van der Waals surface area contributed by atoms with Crippen LogP contribution in [-0.2, 0) is 23.9 Å². The Morgan fingerprint density at radius 1 is 1.16 bits per heavy atom. The van der Waals surface area contributed by atoms with Crippen molar-refractivity contribution < 1.29 is 29.0 Å². The van der Waals surface area contributed by atoms with Gasteiger partial charge in [0.25, 0.3) is 0 Å². The number of hydrogen-bond donors (Lipinski definition) is 1. The number of esters is 1. The molecule has 8 heteroatoms. The van der Waals surface area contributed by atoms with Gasteiger partial charge in [0, 0.05) is 26.2 Å². The lowest BCUT2D eigenvalue weighted by Gasteiger charge is -2.36. The van der Waals surface area contributed by atoms with Crippen LogP contribution in [0.3, 0.4) is 0 Å². The van der Waals surface area contributed by atoms with Crippen LogP contribution in [0.15, 0.2) is 25.3 Å². The van der Waals surface area contributed by atoms with E-state index < -0.39 is 29.6 Å². The molecular formula is C29H46N2O6. The quantitative estimate of drug-likeness (QED) is 0.169. The Kier molecular flexibility index (Phi) is 11.2. The van der Waals surface area contributed by atoms with Crippen LogP contribution in [-0.4, -0.2) is 83.3 Å². The van der Waals surface area contributed by atoms with E-state index >= 15 is 0 Å². The van der Waals surface area contributed by atoms with E-state index in [2.05, 4.69) is 20.1 Å². The SMILES string of the molecule is C=CCCCCOC(=O)[C@@H]1[C@@H]2CCC3(O2)C(C(=O)N(CC=C)CCCCC)N(CCCCCO)C(=O)[C@H]13. The van der Waals surface area contributed by atoms with Gasteiger partial charge in [-0.15, -0.1) is 13.2 Å². The summed E-state index contributed by atoms with van der Waals surface area (Å²) in [6.45, 7) is 11.5. The van der Waals surface area contributed by atoms with Gasteiger partial charge in [-0.25, -0.2) is 0 Å². The first-order valence-electron chi connectivity index (χ1n) is 14.2. The molecule has 3 heterocycles. The van der Waals surface area contributed by atoms with Gasteiger partial charge in [0.1, 0.15) is 11.6 Å². The minimum Gasteiger partial charge on any atom is -0.465 e. The lowest BCUT2D eigenvalue weighted by molar-refractivity contribution is -0.155. The molecule has 1 N–H and O–H groups in total. The van der Waals surface area contributed by atoms with Crippen molar-refractivity contribution in [3.05, 3.63) is 25.3 Å². The Bertz CT molecular complexity index is 816. The van der Waals surface area contributed by atoms with E-state index in [0.717, 1.165) is 44.9 Å². The van der Waals surface area contributed by atoms with E-state index in [-0.39, 0.29) is 24.4 Å². The molecule has 3 aliphatic rings. The van der Waals surface area contributed by atoms with Gasteiger partial charge in [-0.2, -0.15) is 0 Å². The molecule has 2 unspecified atom stereocenters. The summed E-state index contributed by atoms with van der Waals surface area (Å²) in [6.07, 6.45) is 11.9. The molecule has 0 saturated carbocycles. The zero-order valence-corrected chi connectivity index (χ0v) is 22.6. The van der Waals surface area contributed by atoms with Gasteiger partial charge in [-0.05, 0) is 57.8 Å². The number of aliphatic hydroxyl groups is 1. The van der Waals surface area contributed by atoms with Crippen LogP contribution in [0.25, 0.3) is 0 Å². The first kappa shape index (κ1) is 29.4. The van der Waals surface area contributed by atoms with Crippen molar-refractivity contribution in [1.29, 1.82) is 0 Å². The topological polar surface area (TPSA) is 96.4 Å². The Labute approximate surface area is 222 Å². The summed E-state index contributed by atoms with van der Waals surface area (Å²) in [5, 5.41) is 9.19. The van der Waals surface area contributed by atoms with E-state index in [1.165, 1.54) is 0 Å². The second-order valence-electron chi connectivity index (χ2n) is 10.6. The van der Waals surface area contributed by atoms with Crippen LogP contribution in [0.2, 0.25) is 0 Å². The van der Waals surface area contributed by atoms with E-state index in [9.17, 15) is 19.5 Å². The average Bonchev–Trinajstić information content (AvgIpc) is 3.53. The van der Waals surface area contributed by atoms with Gasteiger partial charge in [0.15, 0.2) is 0 Å². The molecule has 3 rings (SSSR count). The number of carbonyl (C=O) groups excluding carboxylic acids is 3. The largest absolute Gasteiger partial charge is 0.465 e. The van der Waals surface area contributed by atoms with E-state index in [1.807, 2.05) is 6.08 Å². The van der Waals surface area contributed by atoms with Crippen molar-refractivity contribution in [2.75, 3.05) is 32.8 Å². The lowest BCUT2D eigenvalue weighted by atomic mass is 9.70. The smallest absolute Gasteiger partial charge is 0.312 e. The molecule has 0 aromatic carbocycles. The third-order valence-corrected chi connectivity index (χ3v) is 8.10. The van der Waals surface area contributed by atoms with Crippen molar-refractivity contribution in [3.63, 3.8) is 0 Å². The Morgan fingerprint density at radius 2 is 1.97 bits per heavy atom. The molecule has 3 saturated heterocycles. The molecule has 37 heavy (non-hydrogen) atoms. The van der Waals surface area contributed by atoms with E-state index in [4.69, 9.17) is 9.47 Å². The normalized spacial score (nSPS) is 27.8. The Morgan fingerprint density at radius 3 is 2.68 bits per heavy atom. The molecule has 1 spiro atoms. The minimum absolute atomic E-state index is 0.0961. The monoisotopic (exact) mass is 518 g/mol. The van der Waals surface area contributed by atoms with Gasteiger partial charge < -0.3 is 24.4 Å². The maximum absolute atomic E-state index is 14.1. The molecule has 2 bridgehead atoms. The maximum Gasteiger partial charge on any atom is 0.312 e. The molecule has 3 aliphatic heterocycles. The highest BCUT2D eigenvalue weighted by atomic mass is 16.6. The molecule has 0 aromatic heterocycles. The number of aliphatic hydroxyl groups excluding tert-OH is 1. The average molecular weight is 519 g/mol. The first-order chi connectivity index (χ1) is 18.0. The predicted octanol–water partition coefficient (Wildman–Crippen LogP) is 3.63. The molecule has 0 radical (unpaired) electrons. The summed E-state index contributed by atoms with van der Waals surface area (Å²) < 4.78 is 12.1. The summed E-state index contributed by atoms with van der Waals surface area (Å²) in [7, 11) is 0. The van der Waals surface area contributed by atoms with Gasteiger partial charge in [0.05, 0.1) is 24.5 Å². The second kappa shape index (κ2) is 14.1. The number of ether oxygens (including phenoxy) is 2. The number of carbonyl (C=O) groups is 3. The minimum atomic E-state index is -0.994. The molecule has 8 nitrogen and oxygen atoms in total. The number of rotatable bonds is 18. The lowest BCUT2D eigenvalue weighted by Crippen LogP contribution is -2.56. The zero-order chi connectivity index (χ0) is 26.8. The standard InChI is InChI=1S/C29H46N2O6/c1-4-7-9-14-21-36-28(35)23-22-15-16-29(37-22)24(23)26(33)31(19-12-10-13-20-32)25(29)27(34)30(17-6-3)18-11-8-5-2/h4,6,22-25,32H,1,3,5,7-21H2,2H3/t22-,23+,24-,25?,29?/m0/s1. The van der Waals surface area contributed by atoms with Crippen molar-refractivity contribution in [2.45, 2.75) is 95.3 Å². The van der Waals surface area contributed by atoms with E-state index in [1.54, 1.807) is 15.9 Å². The molecule has 0 aromatic rings. The van der Waals surface area contributed by atoms with Crippen LogP contribution >= 0.6 is 0 Å². The van der Waals surface area contributed by atoms with Gasteiger partial charge in [-0.1, -0.05) is 31.9 Å². The number of allylic oxidation sites excluding steroid dienone is 1. The highest BCUT2D eigenvalue weighted by molar-refractivity contribution is 5.98. The third-order valence-electron chi connectivity index (χ3n) is 8.10. The van der Waals surface area contributed by atoms with Crippen LogP contribution < -0.4 is 0 Å². The number of fused-ring (bicyclic) bond motifs is 1. The van der Waals surface area contributed by atoms with Gasteiger partial charge >= 0.3 is 5.97 Å². The number of likely N-dealkylation sites (tertiary alicyclic amines) is 1. The van der Waals surface area contributed by atoms with Crippen LogP contribution in [0.4, 0.5) is 0 Å². The molecule has 5 atom stereocenters. The fourth-order valence-electron chi connectivity index (χ4n) is 6.34. The number of hydrogen-bond acceptors (Lipinski definition) is 6. The maximum atomic E-state index is 14.1. The number of unbranched alkanes of at least 4 members (excludes halogenated alkanes) is 6. The van der Waals surface area contributed by atoms with Crippen molar-refractivity contribution >= 4 is 17.8 Å². The van der Waals surface area contributed by atoms with Gasteiger partial charge in [0.2, 0.25) is 11.8 Å². The van der Waals surface area contributed by atoms with E-state index in [0.29, 0.717) is 51.9 Å². The highest BCUT2D eigenvalue weighted by Crippen LogP contribution is 2.58. The predicted molar refractivity (Wildman–Crippen MR) is 142 cm³/mol. The molecule has 208 valence electrons. The summed E-state index contributed by atoms with van der Waals surface area (Å²) in [5.74, 6) is -2.05. The Hall–Kier alpha value is -2.19. The third kappa shape index (κ3) is 6.28. The molecule has 0 aliphatic carbocycles. The van der Waals surface area contributed by atoms with Gasteiger partial charge in [-0.3, -0.25) is 14.4 Å². The van der Waals surface area contributed by atoms with Crippen LogP contribution in [0, 0.1) is 11.8 Å². The second-order valence-corrected chi connectivity index (χ2v) is 10.6. The summed E-state index contributed by atoms with van der Waals surface area (Å²) in [4.78, 5) is 44.7. The fraction of sp³-hybridized carbons (Fsp3) is 0.759. The highest BCUT2D eigenvalue weighted by Gasteiger charge is 2.74. The molecule has 2 amide bonds. The van der Waals surface area contributed by atoms with Crippen molar-refractivity contribution in [2.24, 2.45) is 11.8 Å². The van der Waals surface area contributed by atoms with Crippen LogP contribution in [0.1, 0.15) is 77.6 Å². The number of amides is 2. The first-order valence-corrected chi connectivity index (χ1v) is 14.2. The van der Waals surface area contributed by atoms with Crippen molar-refractivity contribution in [3.8, 4) is 0 Å². The Balaban J connectivity index is 1.84. The fourth-order valence-corrected chi connectivity index (χ4v) is 6.34. The van der Waals surface area contributed by atoms with Crippen molar-refractivity contribution in [1.82, 2.24) is 9.80 Å².